The third-order valence-electron chi connectivity index (χ3n) is 4.67. The summed E-state index contributed by atoms with van der Waals surface area (Å²) >= 11 is 0. The minimum Gasteiger partial charge on any atom is -0.550 e. The zero-order valence-corrected chi connectivity index (χ0v) is 16.8. The van der Waals surface area contributed by atoms with Gasteiger partial charge in [0.1, 0.15) is 0 Å². The van der Waals surface area contributed by atoms with Gasteiger partial charge in [-0.05, 0) is 41.8 Å². The van der Waals surface area contributed by atoms with E-state index in [9.17, 15) is 19.5 Å². The molecule has 0 unspecified atom stereocenters. The molecule has 7 nitrogen and oxygen atoms in total. The van der Waals surface area contributed by atoms with Gasteiger partial charge in [0.05, 0.1) is 13.7 Å². The minimum absolute atomic E-state index is 0.251. The Hall–Kier alpha value is -3.61. The Balaban J connectivity index is 2.03. The van der Waals surface area contributed by atoms with Gasteiger partial charge in [0.25, 0.3) is 11.8 Å². The number of carboxylic acids is 1. The normalized spacial score (nSPS) is 14.6. The van der Waals surface area contributed by atoms with Crippen LogP contribution in [0, 0.1) is 0 Å². The lowest BCUT2D eigenvalue weighted by Crippen LogP contribution is -2.43. The van der Waals surface area contributed by atoms with Gasteiger partial charge in [-0.2, -0.15) is 0 Å². The average molecular weight is 408 g/mol. The molecule has 0 spiro atoms. The number of nitrogens with zero attached hydrogens (tertiary/aromatic N) is 1. The number of aliphatic carboxylic acids is 1. The number of carbonyl (C=O) groups is 3. The summed E-state index contributed by atoms with van der Waals surface area (Å²) in [5, 5.41) is 10.9. The molecule has 0 N–H and O–H groups in total. The van der Waals surface area contributed by atoms with Crippen molar-refractivity contribution in [2.45, 2.75) is 19.8 Å². The molecule has 0 fully saturated rings. The lowest BCUT2D eigenvalue weighted by atomic mass is 9.92. The van der Waals surface area contributed by atoms with Gasteiger partial charge in [-0.3, -0.25) is 14.5 Å². The van der Waals surface area contributed by atoms with Crippen LogP contribution < -0.4 is 14.6 Å². The van der Waals surface area contributed by atoms with E-state index in [0.717, 1.165) is 11.3 Å². The number of imide groups is 1. The van der Waals surface area contributed by atoms with Crippen LogP contribution in [0.25, 0.3) is 11.6 Å². The molecule has 30 heavy (non-hydrogen) atoms. The Kier molecular flexibility index (Phi) is 6.51. The number of carbonyl (C=O) groups excluding carboxylic acids is 3. The fourth-order valence-corrected chi connectivity index (χ4v) is 3.22. The number of amides is 2. The Morgan fingerprint density at radius 1 is 1.07 bits per heavy atom. The van der Waals surface area contributed by atoms with Crippen molar-refractivity contribution in [1.29, 1.82) is 0 Å². The summed E-state index contributed by atoms with van der Waals surface area (Å²) in [6, 6.07) is 12.1. The number of ether oxygens (including phenoxy) is 2. The highest BCUT2D eigenvalue weighted by Gasteiger charge is 2.34. The zero-order valence-electron chi connectivity index (χ0n) is 16.8. The van der Waals surface area contributed by atoms with Gasteiger partial charge in [-0.1, -0.05) is 31.2 Å². The van der Waals surface area contributed by atoms with Crippen LogP contribution in [0.5, 0.6) is 11.5 Å². The molecule has 0 aromatic heterocycles. The first-order valence-electron chi connectivity index (χ1n) is 9.64. The van der Waals surface area contributed by atoms with E-state index < -0.39 is 24.2 Å². The maximum absolute atomic E-state index is 13.0. The average Bonchev–Trinajstić information content (AvgIpc) is 2.75. The van der Waals surface area contributed by atoms with Crippen LogP contribution in [0.4, 0.5) is 0 Å². The highest BCUT2D eigenvalue weighted by atomic mass is 16.5. The third kappa shape index (κ3) is 4.35. The smallest absolute Gasteiger partial charge is 0.261 e. The second-order valence-corrected chi connectivity index (χ2v) is 6.75. The Morgan fingerprint density at radius 2 is 1.80 bits per heavy atom. The standard InChI is InChI=1S/C23H23NO6/c1-3-12-30-19-9-8-15(14-20(19)29-2)13-18-16-6-4-5-7-17(16)22(27)24(23(18)28)11-10-21(25)26/h4-9,13-14H,3,10-12H2,1-2H3,(H,25,26)/p-1/b18-13-. The van der Waals surface area contributed by atoms with Crippen molar-refractivity contribution in [2.24, 2.45) is 0 Å². The number of carboxylic acid groups (broad SMARTS) is 1. The van der Waals surface area contributed by atoms with Gasteiger partial charge in [0.15, 0.2) is 11.5 Å². The zero-order chi connectivity index (χ0) is 21.7. The van der Waals surface area contributed by atoms with E-state index in [1.165, 1.54) is 7.11 Å². The van der Waals surface area contributed by atoms with Gasteiger partial charge in [-0.25, -0.2) is 0 Å². The van der Waals surface area contributed by atoms with E-state index in [2.05, 4.69) is 0 Å². The summed E-state index contributed by atoms with van der Waals surface area (Å²) in [7, 11) is 1.53. The molecule has 2 aromatic carbocycles. The van der Waals surface area contributed by atoms with Crippen molar-refractivity contribution in [2.75, 3.05) is 20.3 Å². The summed E-state index contributed by atoms with van der Waals surface area (Å²) in [5.41, 5.74) is 1.83. The molecule has 0 saturated heterocycles. The molecule has 156 valence electrons. The van der Waals surface area contributed by atoms with Gasteiger partial charge >= 0.3 is 0 Å². The number of hydrogen-bond donors (Lipinski definition) is 0. The minimum atomic E-state index is -1.33. The monoisotopic (exact) mass is 408 g/mol. The van der Waals surface area contributed by atoms with E-state index >= 15 is 0 Å². The van der Waals surface area contributed by atoms with E-state index in [-0.39, 0.29) is 6.54 Å². The maximum Gasteiger partial charge on any atom is 0.261 e. The molecule has 1 heterocycles. The van der Waals surface area contributed by atoms with Crippen molar-refractivity contribution < 1.29 is 29.0 Å². The largest absolute Gasteiger partial charge is 0.550 e. The quantitative estimate of drug-likeness (QED) is 0.491. The molecule has 7 heteroatoms. The van der Waals surface area contributed by atoms with Crippen LogP contribution in [0.3, 0.4) is 0 Å². The Labute approximate surface area is 174 Å². The first-order chi connectivity index (χ1) is 14.5. The predicted octanol–water partition coefficient (Wildman–Crippen LogP) is 2.15. The molecule has 1 aliphatic rings. The molecule has 2 amide bonds. The van der Waals surface area contributed by atoms with Gasteiger partial charge in [-0.15, -0.1) is 0 Å². The molecular weight excluding hydrogens is 386 g/mol. The van der Waals surface area contributed by atoms with E-state index in [0.29, 0.717) is 40.4 Å². The van der Waals surface area contributed by atoms with Crippen molar-refractivity contribution in [1.82, 2.24) is 4.90 Å². The van der Waals surface area contributed by atoms with Gasteiger partial charge in [0.2, 0.25) is 0 Å². The third-order valence-corrected chi connectivity index (χ3v) is 4.67. The number of rotatable bonds is 8. The molecular formula is C23H22NO6-. The van der Waals surface area contributed by atoms with Crippen molar-refractivity contribution in [3.8, 4) is 11.5 Å². The molecule has 2 aromatic rings. The fourth-order valence-electron chi connectivity index (χ4n) is 3.22. The highest BCUT2D eigenvalue weighted by Crippen LogP contribution is 2.33. The summed E-state index contributed by atoms with van der Waals surface area (Å²) in [6.45, 7) is 2.31. The second-order valence-electron chi connectivity index (χ2n) is 6.75. The number of methoxy groups -OCH3 is 1. The highest BCUT2D eigenvalue weighted by molar-refractivity contribution is 6.33. The Bertz CT molecular complexity index is 1010. The lowest BCUT2D eigenvalue weighted by Gasteiger charge is -2.28. The lowest BCUT2D eigenvalue weighted by molar-refractivity contribution is -0.305. The maximum atomic E-state index is 13.0. The number of fused-ring (bicyclic) bond motifs is 1. The summed E-state index contributed by atoms with van der Waals surface area (Å²) in [5.74, 6) is -1.27. The fraction of sp³-hybridized carbons (Fsp3) is 0.261. The first-order valence-corrected chi connectivity index (χ1v) is 9.64. The summed E-state index contributed by atoms with van der Waals surface area (Å²) < 4.78 is 11.1. The van der Waals surface area contributed by atoms with Gasteiger partial charge < -0.3 is 19.4 Å². The predicted molar refractivity (Wildman–Crippen MR) is 109 cm³/mol. The van der Waals surface area contributed by atoms with Crippen LogP contribution in [0.2, 0.25) is 0 Å². The van der Waals surface area contributed by atoms with E-state index in [1.54, 1.807) is 48.5 Å². The molecule has 0 aliphatic carbocycles. The molecule has 0 saturated carbocycles. The SMILES string of the molecule is CCCOc1ccc(/C=C2\C(=O)N(CCC(=O)[O-])C(=O)c3ccccc32)cc1OC. The molecule has 0 atom stereocenters. The topological polar surface area (TPSA) is 96.0 Å². The van der Waals surface area contributed by atoms with Crippen LogP contribution in [-0.2, 0) is 9.59 Å². The van der Waals surface area contributed by atoms with Crippen LogP contribution in [-0.4, -0.2) is 42.9 Å². The second kappa shape index (κ2) is 9.26. The molecule has 0 radical (unpaired) electrons. The number of benzene rings is 2. The Morgan fingerprint density at radius 3 is 2.47 bits per heavy atom. The van der Waals surface area contributed by atoms with Gasteiger partial charge in [0, 0.05) is 30.1 Å². The number of hydrogen-bond acceptors (Lipinski definition) is 6. The van der Waals surface area contributed by atoms with Crippen LogP contribution in [0.1, 0.15) is 41.3 Å². The van der Waals surface area contributed by atoms with Crippen molar-refractivity contribution in [3.05, 3.63) is 59.2 Å². The van der Waals surface area contributed by atoms with E-state index in [4.69, 9.17) is 9.47 Å². The van der Waals surface area contributed by atoms with Crippen molar-refractivity contribution >= 4 is 29.4 Å². The van der Waals surface area contributed by atoms with Crippen LogP contribution in [0.15, 0.2) is 42.5 Å². The molecule has 3 rings (SSSR count). The van der Waals surface area contributed by atoms with Crippen LogP contribution >= 0.6 is 0 Å². The van der Waals surface area contributed by atoms with E-state index in [1.807, 2.05) is 6.92 Å². The molecule has 0 bridgehead atoms. The molecule has 1 aliphatic heterocycles. The summed E-state index contributed by atoms with van der Waals surface area (Å²) in [6.07, 6.45) is 2.09. The summed E-state index contributed by atoms with van der Waals surface area (Å²) in [4.78, 5) is 37.6. The van der Waals surface area contributed by atoms with Crippen molar-refractivity contribution in [3.63, 3.8) is 0 Å². The first kappa shape index (κ1) is 21.1.